The Balaban J connectivity index is 2.16. The summed E-state index contributed by atoms with van der Waals surface area (Å²) in [7, 11) is -0.725. The molecule has 0 saturated heterocycles. The molecule has 3 unspecified atom stereocenters. The molecule has 1 aromatic heterocycles. The van der Waals surface area contributed by atoms with Gasteiger partial charge < -0.3 is 10.3 Å². The summed E-state index contributed by atoms with van der Waals surface area (Å²) in [4.78, 5) is 0. The number of aromatic nitrogens is 1. The van der Waals surface area contributed by atoms with E-state index in [9.17, 15) is 4.21 Å². The summed E-state index contributed by atoms with van der Waals surface area (Å²) in [6.45, 7) is 5.18. The molecule has 2 rings (SSSR count). The molecule has 1 heterocycles. The predicted octanol–water partition coefficient (Wildman–Crippen LogP) is 2.29. The minimum Gasteiger partial charge on any atom is -0.349 e. The molecule has 1 aliphatic carbocycles. The topological polar surface area (TPSA) is 48.0 Å². The number of rotatable bonds is 4. The third-order valence-electron chi connectivity index (χ3n) is 4.10. The van der Waals surface area contributed by atoms with Crippen LogP contribution in [0.25, 0.3) is 0 Å². The van der Waals surface area contributed by atoms with E-state index in [-0.39, 0.29) is 11.3 Å². The molecule has 1 aliphatic rings. The van der Waals surface area contributed by atoms with Crippen LogP contribution in [0.2, 0.25) is 0 Å². The van der Waals surface area contributed by atoms with Crippen molar-refractivity contribution in [1.29, 1.82) is 0 Å². The van der Waals surface area contributed by atoms with Gasteiger partial charge in [0, 0.05) is 46.3 Å². The fourth-order valence-electron chi connectivity index (χ4n) is 2.79. The van der Waals surface area contributed by atoms with E-state index >= 15 is 0 Å². The van der Waals surface area contributed by atoms with E-state index in [0.717, 1.165) is 25.8 Å². The Hall–Kier alpha value is -0.610. The number of nitrogens with zero attached hydrogens (tertiary/aromatic N) is 1. The Morgan fingerprint density at radius 2 is 2.33 bits per heavy atom. The zero-order valence-corrected chi connectivity index (χ0v) is 12.4. The van der Waals surface area contributed by atoms with Gasteiger partial charge in [0.15, 0.2) is 0 Å². The van der Waals surface area contributed by atoms with E-state index < -0.39 is 10.8 Å². The molecule has 0 bridgehead atoms. The molecule has 0 radical (unpaired) electrons. The molecular weight excluding hydrogens is 244 g/mol. The van der Waals surface area contributed by atoms with Crippen LogP contribution in [0.1, 0.15) is 49.2 Å². The summed E-state index contributed by atoms with van der Waals surface area (Å²) in [5.41, 5.74) is 10.2. The van der Waals surface area contributed by atoms with Crippen molar-refractivity contribution >= 4 is 10.8 Å². The number of fused-ring (bicyclic) bond motifs is 1. The molecule has 18 heavy (non-hydrogen) atoms. The third kappa shape index (κ3) is 2.69. The van der Waals surface area contributed by atoms with Gasteiger partial charge in [0.1, 0.15) is 0 Å². The van der Waals surface area contributed by atoms with Gasteiger partial charge in [-0.2, -0.15) is 0 Å². The highest BCUT2D eigenvalue weighted by Crippen LogP contribution is 2.31. The van der Waals surface area contributed by atoms with Crippen molar-refractivity contribution in [3.05, 3.63) is 23.0 Å². The first-order chi connectivity index (χ1) is 8.50. The van der Waals surface area contributed by atoms with Gasteiger partial charge in [-0.1, -0.05) is 6.92 Å². The largest absolute Gasteiger partial charge is 0.349 e. The van der Waals surface area contributed by atoms with Crippen molar-refractivity contribution in [2.45, 2.75) is 57.4 Å². The number of aryl methyl sites for hydroxylation is 1. The van der Waals surface area contributed by atoms with Gasteiger partial charge in [0.05, 0.1) is 0 Å². The maximum atomic E-state index is 11.4. The van der Waals surface area contributed by atoms with Crippen molar-refractivity contribution in [2.24, 2.45) is 5.73 Å². The van der Waals surface area contributed by atoms with E-state index in [1.165, 1.54) is 23.4 Å². The smallest absolute Gasteiger partial charge is 0.0333 e. The highest BCUT2D eigenvalue weighted by atomic mass is 32.2. The highest BCUT2D eigenvalue weighted by Gasteiger charge is 2.22. The van der Waals surface area contributed by atoms with Gasteiger partial charge in [0.25, 0.3) is 0 Å². The minimum absolute atomic E-state index is 0.214. The normalized spacial score (nSPS) is 22.6. The molecular formula is C14H24N2OS. The summed E-state index contributed by atoms with van der Waals surface area (Å²) >= 11 is 0. The Labute approximate surface area is 112 Å². The quantitative estimate of drug-likeness (QED) is 0.911. The first kappa shape index (κ1) is 13.8. The fourth-order valence-corrected chi connectivity index (χ4v) is 3.23. The second-order valence-electron chi connectivity index (χ2n) is 5.44. The zero-order chi connectivity index (χ0) is 13.3. The Morgan fingerprint density at radius 1 is 1.61 bits per heavy atom. The van der Waals surface area contributed by atoms with Crippen LogP contribution in [-0.4, -0.2) is 20.3 Å². The van der Waals surface area contributed by atoms with Crippen molar-refractivity contribution in [3.8, 4) is 0 Å². The van der Waals surface area contributed by atoms with Crippen molar-refractivity contribution in [3.63, 3.8) is 0 Å². The lowest BCUT2D eigenvalue weighted by atomic mass is 9.93. The summed E-state index contributed by atoms with van der Waals surface area (Å²) in [6, 6.07) is 2.46. The van der Waals surface area contributed by atoms with E-state index in [2.05, 4.69) is 24.5 Å². The molecule has 3 nitrogen and oxygen atoms in total. The van der Waals surface area contributed by atoms with Gasteiger partial charge in [0.2, 0.25) is 0 Å². The molecule has 0 amide bonds. The second-order valence-corrected chi connectivity index (χ2v) is 7.24. The summed E-state index contributed by atoms with van der Waals surface area (Å²) in [5.74, 6) is 0. The first-order valence-corrected chi connectivity index (χ1v) is 8.39. The lowest BCUT2D eigenvalue weighted by Gasteiger charge is -2.21. The maximum absolute atomic E-state index is 11.4. The van der Waals surface area contributed by atoms with Crippen LogP contribution in [-0.2, 0) is 23.8 Å². The molecule has 0 saturated carbocycles. The molecule has 1 aromatic rings. The van der Waals surface area contributed by atoms with Crippen molar-refractivity contribution in [1.82, 2.24) is 4.57 Å². The second kappa shape index (κ2) is 5.57. The Kier molecular flexibility index (Phi) is 4.28. The molecule has 102 valence electrons. The predicted molar refractivity (Wildman–Crippen MR) is 77.2 cm³/mol. The van der Waals surface area contributed by atoms with E-state index in [0.29, 0.717) is 0 Å². The average Bonchev–Trinajstić information content (AvgIpc) is 2.64. The zero-order valence-electron chi connectivity index (χ0n) is 11.6. The lowest BCUT2D eigenvalue weighted by Crippen LogP contribution is -2.20. The number of hydrogen-bond acceptors (Lipinski definition) is 2. The number of hydrogen-bond donors (Lipinski definition) is 1. The average molecular weight is 268 g/mol. The Morgan fingerprint density at radius 3 is 3.00 bits per heavy atom. The Bertz CT molecular complexity index is 453. The van der Waals surface area contributed by atoms with Gasteiger partial charge >= 0.3 is 0 Å². The molecule has 0 aliphatic heterocycles. The van der Waals surface area contributed by atoms with Crippen molar-refractivity contribution in [2.75, 3.05) is 6.26 Å². The van der Waals surface area contributed by atoms with E-state index in [4.69, 9.17) is 5.73 Å². The fraction of sp³-hybridized carbons (Fsp3) is 0.714. The molecule has 4 heteroatoms. The van der Waals surface area contributed by atoms with Gasteiger partial charge in [-0.15, -0.1) is 0 Å². The summed E-state index contributed by atoms with van der Waals surface area (Å²) < 4.78 is 13.8. The van der Waals surface area contributed by atoms with Crippen LogP contribution in [0, 0.1) is 6.92 Å². The van der Waals surface area contributed by atoms with E-state index in [1.807, 2.05) is 0 Å². The molecule has 0 aromatic carbocycles. The third-order valence-corrected chi connectivity index (χ3v) is 5.47. The van der Waals surface area contributed by atoms with Gasteiger partial charge in [-0.3, -0.25) is 4.21 Å². The van der Waals surface area contributed by atoms with Gasteiger partial charge in [-0.25, -0.2) is 0 Å². The summed E-state index contributed by atoms with van der Waals surface area (Å²) in [6.07, 6.45) is 6.19. The van der Waals surface area contributed by atoms with Crippen LogP contribution in [0.4, 0.5) is 0 Å². The monoisotopic (exact) mass is 268 g/mol. The molecule has 0 spiro atoms. The van der Waals surface area contributed by atoms with Crippen molar-refractivity contribution < 1.29 is 4.21 Å². The minimum atomic E-state index is -0.725. The van der Waals surface area contributed by atoms with Crippen LogP contribution < -0.4 is 5.73 Å². The molecule has 0 fully saturated rings. The summed E-state index contributed by atoms with van der Waals surface area (Å²) in [5, 5.41) is 0.264. The van der Waals surface area contributed by atoms with E-state index in [1.54, 1.807) is 6.26 Å². The SMILES string of the molecule is Cc1cc2c(n1CCC(C)S(C)=O)CCCC2N. The number of nitrogens with two attached hydrogens (primary N) is 1. The van der Waals surface area contributed by atoms with Gasteiger partial charge in [-0.05, 0) is 44.2 Å². The standard InChI is InChI=1S/C14H24N2OS/c1-10-9-12-13(15)5-4-6-14(12)16(10)8-7-11(2)18(3)17/h9,11,13H,4-8,15H2,1-3H3. The van der Waals surface area contributed by atoms with Crippen LogP contribution >= 0.6 is 0 Å². The lowest BCUT2D eigenvalue weighted by molar-refractivity contribution is 0.526. The maximum Gasteiger partial charge on any atom is 0.0333 e. The van der Waals surface area contributed by atoms with Crippen LogP contribution in [0.3, 0.4) is 0 Å². The molecule has 3 atom stereocenters. The molecule has 2 N–H and O–H groups in total. The van der Waals surface area contributed by atoms with Crippen LogP contribution in [0.15, 0.2) is 6.07 Å². The highest BCUT2D eigenvalue weighted by molar-refractivity contribution is 7.84. The van der Waals surface area contributed by atoms with Crippen LogP contribution in [0.5, 0.6) is 0 Å². The first-order valence-electron chi connectivity index (χ1n) is 6.77.